The average molecular weight is 281 g/mol. The second-order valence-corrected chi connectivity index (χ2v) is 4.87. The van der Waals surface area contributed by atoms with E-state index in [0.717, 1.165) is 30.8 Å². The highest BCUT2D eigenvalue weighted by atomic mass is 32.1. The number of nitrogens with two attached hydrogens (primary N) is 1. The van der Waals surface area contributed by atoms with E-state index < -0.39 is 0 Å². The standard InChI is InChI=1S/C14H23N3OS/c1-4-12(5-2)17(8-9-18-3)13-7-6-11(10-16-13)14(15)19/h6-7,10,12H,4-5,8-9H2,1-3H3,(H2,15,19). The van der Waals surface area contributed by atoms with Crippen LogP contribution in [0.15, 0.2) is 18.3 Å². The second kappa shape index (κ2) is 8.07. The predicted octanol–water partition coefficient (Wildman–Crippen LogP) is 2.36. The van der Waals surface area contributed by atoms with Gasteiger partial charge in [0, 0.05) is 31.5 Å². The Morgan fingerprint density at radius 3 is 2.53 bits per heavy atom. The number of hydrogen-bond donors (Lipinski definition) is 1. The summed E-state index contributed by atoms with van der Waals surface area (Å²) in [6, 6.07) is 4.37. The molecular weight excluding hydrogens is 258 g/mol. The van der Waals surface area contributed by atoms with Gasteiger partial charge in [0.2, 0.25) is 0 Å². The van der Waals surface area contributed by atoms with E-state index in [1.54, 1.807) is 13.3 Å². The van der Waals surface area contributed by atoms with Crippen molar-refractivity contribution in [3.63, 3.8) is 0 Å². The van der Waals surface area contributed by atoms with Crippen LogP contribution in [0.3, 0.4) is 0 Å². The van der Waals surface area contributed by atoms with Crippen LogP contribution in [-0.4, -0.2) is 36.3 Å². The fourth-order valence-corrected chi connectivity index (χ4v) is 2.23. The summed E-state index contributed by atoms with van der Waals surface area (Å²) in [5.41, 5.74) is 6.39. The number of anilines is 1. The molecular formula is C14H23N3OS. The van der Waals surface area contributed by atoms with E-state index in [4.69, 9.17) is 22.7 Å². The van der Waals surface area contributed by atoms with Gasteiger partial charge >= 0.3 is 0 Å². The quantitative estimate of drug-likeness (QED) is 0.741. The van der Waals surface area contributed by atoms with Gasteiger partial charge in [-0.25, -0.2) is 4.98 Å². The van der Waals surface area contributed by atoms with Crippen molar-refractivity contribution in [2.24, 2.45) is 5.73 Å². The largest absolute Gasteiger partial charge is 0.389 e. The number of nitrogens with zero attached hydrogens (tertiary/aromatic N) is 2. The molecule has 0 radical (unpaired) electrons. The molecule has 0 aliphatic heterocycles. The van der Waals surface area contributed by atoms with Gasteiger partial charge in [-0.1, -0.05) is 26.1 Å². The topological polar surface area (TPSA) is 51.4 Å². The minimum atomic E-state index is 0.380. The molecule has 1 aromatic heterocycles. The summed E-state index contributed by atoms with van der Waals surface area (Å²) in [6.07, 6.45) is 3.90. The van der Waals surface area contributed by atoms with Crippen molar-refractivity contribution in [1.29, 1.82) is 0 Å². The first-order chi connectivity index (χ1) is 9.13. The lowest BCUT2D eigenvalue weighted by Crippen LogP contribution is -2.37. The Bertz CT molecular complexity index is 390. The molecule has 0 saturated heterocycles. The predicted molar refractivity (Wildman–Crippen MR) is 83.7 cm³/mol. The molecule has 19 heavy (non-hydrogen) atoms. The Labute approximate surface area is 121 Å². The zero-order valence-electron chi connectivity index (χ0n) is 11.9. The van der Waals surface area contributed by atoms with E-state index in [-0.39, 0.29) is 0 Å². The van der Waals surface area contributed by atoms with E-state index in [2.05, 4.69) is 23.7 Å². The molecule has 0 amide bonds. The van der Waals surface area contributed by atoms with Crippen molar-refractivity contribution in [1.82, 2.24) is 4.98 Å². The number of rotatable bonds is 8. The monoisotopic (exact) mass is 281 g/mol. The Kier molecular flexibility index (Phi) is 6.73. The maximum Gasteiger partial charge on any atom is 0.128 e. The smallest absolute Gasteiger partial charge is 0.128 e. The highest BCUT2D eigenvalue weighted by Crippen LogP contribution is 2.18. The molecule has 4 nitrogen and oxygen atoms in total. The molecule has 0 aromatic carbocycles. The first-order valence-corrected chi connectivity index (χ1v) is 7.06. The molecule has 0 atom stereocenters. The summed E-state index contributed by atoms with van der Waals surface area (Å²) in [6.45, 7) is 5.91. The van der Waals surface area contributed by atoms with Crippen LogP contribution in [-0.2, 0) is 4.74 Å². The molecule has 2 N–H and O–H groups in total. The minimum absolute atomic E-state index is 0.380. The summed E-state index contributed by atoms with van der Waals surface area (Å²) in [7, 11) is 1.72. The van der Waals surface area contributed by atoms with Gasteiger partial charge in [0.05, 0.1) is 6.61 Å². The van der Waals surface area contributed by atoms with Gasteiger partial charge in [-0.3, -0.25) is 0 Å². The van der Waals surface area contributed by atoms with Gasteiger partial charge < -0.3 is 15.4 Å². The third-order valence-electron chi connectivity index (χ3n) is 3.25. The number of hydrogen-bond acceptors (Lipinski definition) is 4. The zero-order chi connectivity index (χ0) is 14.3. The summed E-state index contributed by atoms with van der Waals surface area (Å²) in [4.78, 5) is 7.14. The zero-order valence-corrected chi connectivity index (χ0v) is 12.7. The molecule has 5 heteroatoms. The van der Waals surface area contributed by atoms with Crippen molar-refractivity contribution < 1.29 is 4.74 Å². The van der Waals surface area contributed by atoms with Crippen molar-refractivity contribution in [3.05, 3.63) is 23.9 Å². The summed E-state index contributed by atoms with van der Waals surface area (Å²) in [5, 5.41) is 0. The fraction of sp³-hybridized carbons (Fsp3) is 0.571. The van der Waals surface area contributed by atoms with E-state index in [0.29, 0.717) is 17.6 Å². The Morgan fingerprint density at radius 1 is 1.42 bits per heavy atom. The molecule has 0 unspecified atom stereocenters. The highest BCUT2D eigenvalue weighted by molar-refractivity contribution is 7.80. The van der Waals surface area contributed by atoms with Crippen LogP contribution in [0.2, 0.25) is 0 Å². The molecule has 1 heterocycles. The van der Waals surface area contributed by atoms with Gasteiger partial charge in [-0.05, 0) is 25.0 Å². The number of aromatic nitrogens is 1. The third kappa shape index (κ3) is 4.44. The lowest BCUT2D eigenvalue weighted by molar-refractivity contribution is 0.202. The van der Waals surface area contributed by atoms with Gasteiger partial charge in [0.25, 0.3) is 0 Å². The molecule has 0 aliphatic carbocycles. The molecule has 0 fully saturated rings. The van der Waals surface area contributed by atoms with Crippen molar-refractivity contribution in [2.75, 3.05) is 25.2 Å². The van der Waals surface area contributed by atoms with Gasteiger partial charge in [-0.2, -0.15) is 0 Å². The summed E-state index contributed by atoms with van der Waals surface area (Å²) in [5.74, 6) is 0.950. The molecule has 1 rings (SSSR count). The minimum Gasteiger partial charge on any atom is -0.389 e. The van der Waals surface area contributed by atoms with Crippen molar-refractivity contribution >= 4 is 23.0 Å². The summed E-state index contributed by atoms with van der Waals surface area (Å²) >= 11 is 4.94. The van der Waals surface area contributed by atoms with E-state index >= 15 is 0 Å². The van der Waals surface area contributed by atoms with Crippen molar-refractivity contribution in [3.8, 4) is 0 Å². The van der Waals surface area contributed by atoms with Gasteiger partial charge in [0.15, 0.2) is 0 Å². The van der Waals surface area contributed by atoms with Crippen LogP contribution in [0.5, 0.6) is 0 Å². The average Bonchev–Trinajstić information content (AvgIpc) is 2.43. The van der Waals surface area contributed by atoms with Gasteiger partial charge in [-0.15, -0.1) is 0 Å². The third-order valence-corrected chi connectivity index (χ3v) is 3.48. The molecule has 0 spiro atoms. The normalized spacial score (nSPS) is 10.7. The fourth-order valence-electron chi connectivity index (χ4n) is 2.10. The Balaban J connectivity index is 2.92. The van der Waals surface area contributed by atoms with E-state index in [1.165, 1.54) is 0 Å². The molecule has 0 bridgehead atoms. The van der Waals surface area contributed by atoms with Crippen LogP contribution in [0.4, 0.5) is 5.82 Å². The van der Waals surface area contributed by atoms with Crippen LogP contribution in [0, 0.1) is 0 Å². The SMILES string of the molecule is CCC(CC)N(CCOC)c1ccc(C(N)=S)cn1. The first kappa shape index (κ1) is 15.9. The molecule has 0 saturated carbocycles. The Hall–Kier alpha value is -1.20. The molecule has 1 aromatic rings. The molecule has 106 valence electrons. The Morgan fingerprint density at radius 2 is 2.11 bits per heavy atom. The van der Waals surface area contributed by atoms with Crippen LogP contribution < -0.4 is 10.6 Å². The maximum absolute atomic E-state index is 5.59. The molecule has 0 aliphatic rings. The first-order valence-electron chi connectivity index (χ1n) is 6.65. The number of pyridine rings is 1. The van der Waals surface area contributed by atoms with Crippen molar-refractivity contribution in [2.45, 2.75) is 32.7 Å². The second-order valence-electron chi connectivity index (χ2n) is 4.43. The lowest BCUT2D eigenvalue weighted by Gasteiger charge is -2.31. The number of ether oxygens (including phenoxy) is 1. The number of thiocarbonyl (C=S) groups is 1. The number of methoxy groups -OCH3 is 1. The van der Waals surface area contributed by atoms with Crippen LogP contribution in [0.25, 0.3) is 0 Å². The maximum atomic E-state index is 5.59. The summed E-state index contributed by atoms with van der Waals surface area (Å²) < 4.78 is 5.18. The lowest BCUT2D eigenvalue weighted by atomic mass is 10.1. The van der Waals surface area contributed by atoms with Crippen LogP contribution >= 0.6 is 12.2 Å². The van der Waals surface area contributed by atoms with E-state index in [9.17, 15) is 0 Å². The van der Waals surface area contributed by atoms with Crippen LogP contribution in [0.1, 0.15) is 32.3 Å². The van der Waals surface area contributed by atoms with Gasteiger partial charge in [0.1, 0.15) is 10.8 Å². The highest BCUT2D eigenvalue weighted by Gasteiger charge is 2.16. The van der Waals surface area contributed by atoms with E-state index in [1.807, 2.05) is 12.1 Å².